The van der Waals surface area contributed by atoms with Crippen molar-refractivity contribution in [3.8, 4) is 11.1 Å². The van der Waals surface area contributed by atoms with Gasteiger partial charge in [0, 0.05) is 14.3 Å². The highest BCUT2D eigenvalue weighted by Gasteiger charge is 2.08. The number of hydrogen-bond donors (Lipinski definition) is 0. The molecular weight excluding hydrogens is 407 g/mol. The van der Waals surface area contributed by atoms with Crippen molar-refractivity contribution in [3.05, 3.63) is 82.4 Å². The maximum Gasteiger partial charge on any atom is 0.135 e. The van der Waals surface area contributed by atoms with Crippen LogP contribution in [-0.4, -0.2) is 0 Å². The first-order valence-corrected chi connectivity index (χ1v) is 8.97. The SMILES string of the molecule is Ic1ccc2cc(-c3ccc4oc5ccccc5c4c3)ccc2c1. The number of halogens is 1. The highest BCUT2D eigenvalue weighted by molar-refractivity contribution is 14.1. The first kappa shape index (κ1) is 14.1. The van der Waals surface area contributed by atoms with Gasteiger partial charge in [-0.2, -0.15) is 0 Å². The molecule has 0 atom stereocenters. The standard InChI is InChI=1S/C22H13IO/c23-18-9-7-15-11-14(5-6-16(15)12-18)17-8-10-22-20(13-17)19-3-1-2-4-21(19)24-22/h1-13H. The fourth-order valence-corrected chi connectivity index (χ4v) is 3.82. The van der Waals surface area contributed by atoms with Gasteiger partial charge in [0.25, 0.3) is 0 Å². The summed E-state index contributed by atoms with van der Waals surface area (Å²) in [4.78, 5) is 0. The Morgan fingerprint density at radius 3 is 2.25 bits per heavy atom. The van der Waals surface area contributed by atoms with Crippen LogP contribution in [0.5, 0.6) is 0 Å². The van der Waals surface area contributed by atoms with Crippen LogP contribution in [0.3, 0.4) is 0 Å². The maximum absolute atomic E-state index is 5.93. The topological polar surface area (TPSA) is 13.1 Å². The van der Waals surface area contributed by atoms with Gasteiger partial charge in [-0.3, -0.25) is 0 Å². The zero-order valence-corrected chi connectivity index (χ0v) is 14.9. The molecule has 1 aromatic heterocycles. The highest BCUT2D eigenvalue weighted by Crippen LogP contribution is 2.33. The van der Waals surface area contributed by atoms with Crippen LogP contribution in [0.15, 0.2) is 83.3 Å². The summed E-state index contributed by atoms with van der Waals surface area (Å²) in [6, 6.07) is 27.9. The molecule has 0 bridgehead atoms. The molecule has 0 spiro atoms. The molecule has 5 aromatic rings. The van der Waals surface area contributed by atoms with Gasteiger partial charge >= 0.3 is 0 Å². The summed E-state index contributed by atoms with van der Waals surface area (Å²) < 4.78 is 7.19. The summed E-state index contributed by atoms with van der Waals surface area (Å²) >= 11 is 2.35. The summed E-state index contributed by atoms with van der Waals surface area (Å²) in [7, 11) is 0. The minimum atomic E-state index is 0.940. The van der Waals surface area contributed by atoms with E-state index in [0.29, 0.717) is 0 Å². The third-order valence-electron chi connectivity index (χ3n) is 4.51. The van der Waals surface area contributed by atoms with E-state index in [0.717, 1.165) is 11.2 Å². The van der Waals surface area contributed by atoms with Gasteiger partial charge in [-0.25, -0.2) is 0 Å². The summed E-state index contributed by atoms with van der Waals surface area (Å²) in [5.74, 6) is 0. The Hall–Kier alpha value is -2.33. The van der Waals surface area contributed by atoms with Gasteiger partial charge in [0.1, 0.15) is 11.2 Å². The van der Waals surface area contributed by atoms with Crippen molar-refractivity contribution in [2.24, 2.45) is 0 Å². The predicted octanol–water partition coefficient (Wildman–Crippen LogP) is 7.01. The molecule has 0 N–H and O–H groups in total. The van der Waals surface area contributed by atoms with E-state index in [9.17, 15) is 0 Å². The fraction of sp³-hybridized carbons (Fsp3) is 0. The Kier molecular flexibility index (Phi) is 3.13. The second-order valence-electron chi connectivity index (χ2n) is 6.02. The van der Waals surface area contributed by atoms with Crippen LogP contribution >= 0.6 is 22.6 Å². The summed E-state index contributed by atoms with van der Waals surface area (Å²) in [5, 5.41) is 4.89. The number of furan rings is 1. The monoisotopic (exact) mass is 420 g/mol. The van der Waals surface area contributed by atoms with Crippen molar-refractivity contribution >= 4 is 55.3 Å². The lowest BCUT2D eigenvalue weighted by Crippen LogP contribution is -1.80. The molecule has 0 saturated carbocycles. The molecule has 0 unspecified atom stereocenters. The summed E-state index contributed by atoms with van der Waals surface area (Å²) in [6.45, 7) is 0. The minimum Gasteiger partial charge on any atom is -0.456 e. The first-order chi connectivity index (χ1) is 11.8. The van der Waals surface area contributed by atoms with Crippen LogP contribution in [-0.2, 0) is 0 Å². The quantitative estimate of drug-likeness (QED) is 0.266. The molecule has 0 aliphatic rings. The molecule has 1 nitrogen and oxygen atoms in total. The molecule has 1 heterocycles. The lowest BCUT2D eigenvalue weighted by Gasteiger charge is -2.05. The van der Waals surface area contributed by atoms with Gasteiger partial charge in [0.2, 0.25) is 0 Å². The van der Waals surface area contributed by atoms with Crippen molar-refractivity contribution < 1.29 is 4.42 Å². The van der Waals surface area contributed by atoms with E-state index < -0.39 is 0 Å². The number of rotatable bonds is 1. The lowest BCUT2D eigenvalue weighted by molar-refractivity contribution is 0.669. The normalized spacial score (nSPS) is 11.5. The molecular formula is C22H13IO. The number of fused-ring (bicyclic) bond motifs is 4. The predicted molar refractivity (Wildman–Crippen MR) is 109 cm³/mol. The van der Waals surface area contributed by atoms with Crippen molar-refractivity contribution in [1.82, 2.24) is 0 Å². The fourth-order valence-electron chi connectivity index (χ4n) is 3.30. The van der Waals surface area contributed by atoms with E-state index in [-0.39, 0.29) is 0 Å². The smallest absolute Gasteiger partial charge is 0.135 e. The van der Waals surface area contributed by atoms with Gasteiger partial charge in [0.05, 0.1) is 0 Å². The molecule has 0 saturated heterocycles. The minimum absolute atomic E-state index is 0.940. The average Bonchev–Trinajstić information content (AvgIpc) is 2.99. The maximum atomic E-state index is 5.93. The van der Waals surface area contributed by atoms with Gasteiger partial charge in [0.15, 0.2) is 0 Å². The van der Waals surface area contributed by atoms with Gasteiger partial charge in [-0.05, 0) is 80.9 Å². The third kappa shape index (κ3) is 2.21. The largest absolute Gasteiger partial charge is 0.456 e. The van der Waals surface area contributed by atoms with Crippen molar-refractivity contribution in [1.29, 1.82) is 0 Å². The van der Waals surface area contributed by atoms with E-state index in [4.69, 9.17) is 4.42 Å². The van der Waals surface area contributed by atoms with E-state index in [1.54, 1.807) is 0 Å². The average molecular weight is 420 g/mol. The van der Waals surface area contributed by atoms with Gasteiger partial charge < -0.3 is 4.42 Å². The Morgan fingerprint density at radius 1 is 0.583 bits per heavy atom. The van der Waals surface area contributed by atoms with Crippen molar-refractivity contribution in [2.75, 3.05) is 0 Å². The van der Waals surface area contributed by atoms with Crippen molar-refractivity contribution in [3.63, 3.8) is 0 Å². The molecule has 0 aliphatic heterocycles. The number of para-hydroxylation sites is 1. The van der Waals surface area contributed by atoms with Gasteiger partial charge in [-0.15, -0.1) is 0 Å². The van der Waals surface area contributed by atoms with Crippen molar-refractivity contribution in [2.45, 2.75) is 0 Å². The van der Waals surface area contributed by atoms with Crippen LogP contribution in [0.25, 0.3) is 43.8 Å². The highest BCUT2D eigenvalue weighted by atomic mass is 127. The van der Waals surface area contributed by atoms with Crippen LogP contribution in [0.2, 0.25) is 0 Å². The van der Waals surface area contributed by atoms with Crippen LogP contribution in [0, 0.1) is 3.57 Å². The Balaban J connectivity index is 1.73. The second kappa shape index (κ2) is 5.35. The Morgan fingerprint density at radius 2 is 1.29 bits per heavy atom. The summed E-state index contributed by atoms with van der Waals surface area (Å²) in [5.41, 5.74) is 4.33. The Labute approximate surface area is 153 Å². The van der Waals surface area contributed by atoms with Gasteiger partial charge in [-0.1, -0.05) is 42.5 Å². The molecule has 0 aliphatic carbocycles. The summed E-state index contributed by atoms with van der Waals surface area (Å²) in [6.07, 6.45) is 0. The molecule has 0 fully saturated rings. The molecule has 0 amide bonds. The molecule has 0 radical (unpaired) electrons. The van der Waals surface area contributed by atoms with E-state index in [1.807, 2.05) is 12.1 Å². The van der Waals surface area contributed by atoms with Crippen LogP contribution < -0.4 is 0 Å². The zero-order valence-electron chi connectivity index (χ0n) is 12.8. The van der Waals surface area contributed by atoms with Crippen LogP contribution in [0.1, 0.15) is 0 Å². The second-order valence-corrected chi connectivity index (χ2v) is 7.26. The number of benzene rings is 4. The van der Waals surface area contributed by atoms with Crippen LogP contribution in [0.4, 0.5) is 0 Å². The molecule has 5 rings (SSSR count). The first-order valence-electron chi connectivity index (χ1n) is 7.89. The van der Waals surface area contributed by atoms with E-state index >= 15 is 0 Å². The molecule has 114 valence electrons. The molecule has 4 aromatic carbocycles. The lowest BCUT2D eigenvalue weighted by atomic mass is 10.00. The van der Waals surface area contributed by atoms with E-state index in [2.05, 4.69) is 89.3 Å². The number of hydrogen-bond acceptors (Lipinski definition) is 1. The Bertz CT molecular complexity index is 1220. The zero-order chi connectivity index (χ0) is 16.1. The van der Waals surface area contributed by atoms with E-state index in [1.165, 1.54) is 36.2 Å². The molecule has 24 heavy (non-hydrogen) atoms. The molecule has 2 heteroatoms. The third-order valence-corrected chi connectivity index (χ3v) is 5.18.